The summed E-state index contributed by atoms with van der Waals surface area (Å²) in [6.45, 7) is 0.186. The van der Waals surface area contributed by atoms with E-state index < -0.39 is 18.2 Å². The fourth-order valence-corrected chi connectivity index (χ4v) is 2.02. The Balaban J connectivity index is 2.23. The van der Waals surface area contributed by atoms with Crippen LogP contribution in [0.15, 0.2) is 0 Å². The van der Waals surface area contributed by atoms with E-state index >= 15 is 0 Å². The van der Waals surface area contributed by atoms with E-state index in [9.17, 15) is 9.59 Å². The summed E-state index contributed by atoms with van der Waals surface area (Å²) in [7, 11) is 1.49. The molecule has 0 spiro atoms. The predicted molar refractivity (Wildman–Crippen MR) is 44.1 cm³/mol. The number of likely N-dealkylation sites (tertiary alicyclic amines) is 1. The minimum atomic E-state index is -1.10. The standard InChI is InChI=1S/C8H11NO5/c1-13-5-2-9(8(11)12)6-4(10)3-14-7(5)6/h5-7H,2-3H2,1H3,(H,11,12)/t5-,6+,7+/m0/s1. The van der Waals surface area contributed by atoms with Crippen LogP contribution in [0.5, 0.6) is 0 Å². The Hall–Kier alpha value is -1.14. The molecule has 0 aromatic rings. The Labute approximate surface area is 80.4 Å². The second-order valence-electron chi connectivity index (χ2n) is 3.40. The van der Waals surface area contributed by atoms with Crippen LogP contribution in [0, 0.1) is 0 Å². The molecule has 0 aliphatic carbocycles. The average molecular weight is 201 g/mol. The molecule has 6 nitrogen and oxygen atoms in total. The van der Waals surface area contributed by atoms with Crippen molar-refractivity contribution >= 4 is 11.9 Å². The molecule has 2 saturated heterocycles. The van der Waals surface area contributed by atoms with Crippen molar-refractivity contribution in [1.82, 2.24) is 4.90 Å². The molecule has 0 bridgehead atoms. The van der Waals surface area contributed by atoms with Gasteiger partial charge in [0.1, 0.15) is 24.9 Å². The lowest BCUT2D eigenvalue weighted by Crippen LogP contribution is -2.41. The highest BCUT2D eigenvalue weighted by atomic mass is 16.5. The molecule has 78 valence electrons. The van der Waals surface area contributed by atoms with Gasteiger partial charge in [-0.25, -0.2) is 4.79 Å². The van der Waals surface area contributed by atoms with Gasteiger partial charge >= 0.3 is 6.09 Å². The number of methoxy groups -OCH3 is 1. The molecule has 0 unspecified atom stereocenters. The first-order valence-corrected chi connectivity index (χ1v) is 4.32. The lowest BCUT2D eigenvalue weighted by Gasteiger charge is -2.16. The van der Waals surface area contributed by atoms with Crippen LogP contribution in [0.25, 0.3) is 0 Å². The lowest BCUT2D eigenvalue weighted by atomic mass is 10.1. The Bertz CT molecular complexity index is 279. The number of amides is 1. The minimum Gasteiger partial charge on any atom is -0.465 e. The van der Waals surface area contributed by atoms with Gasteiger partial charge < -0.3 is 14.6 Å². The molecule has 0 radical (unpaired) electrons. The number of ether oxygens (including phenoxy) is 2. The first-order chi connectivity index (χ1) is 6.65. The highest BCUT2D eigenvalue weighted by molar-refractivity contribution is 5.91. The topological polar surface area (TPSA) is 76.1 Å². The average Bonchev–Trinajstić information content (AvgIpc) is 2.66. The van der Waals surface area contributed by atoms with Gasteiger partial charge in [0.25, 0.3) is 0 Å². The molecule has 2 aliphatic heterocycles. The third-order valence-corrected chi connectivity index (χ3v) is 2.69. The normalized spacial score (nSPS) is 36.2. The second kappa shape index (κ2) is 3.21. The quantitative estimate of drug-likeness (QED) is 0.609. The number of hydrogen-bond acceptors (Lipinski definition) is 4. The van der Waals surface area contributed by atoms with Gasteiger partial charge in [-0.3, -0.25) is 9.69 Å². The molecule has 0 saturated carbocycles. The van der Waals surface area contributed by atoms with Crippen LogP contribution < -0.4 is 0 Å². The summed E-state index contributed by atoms with van der Waals surface area (Å²) in [5, 5.41) is 8.85. The summed E-state index contributed by atoms with van der Waals surface area (Å²) in [6.07, 6.45) is -1.86. The summed E-state index contributed by atoms with van der Waals surface area (Å²) < 4.78 is 10.3. The number of carboxylic acid groups (broad SMARTS) is 1. The van der Waals surface area contributed by atoms with Gasteiger partial charge in [-0.05, 0) is 0 Å². The van der Waals surface area contributed by atoms with Crippen molar-refractivity contribution in [3.05, 3.63) is 0 Å². The maximum atomic E-state index is 11.3. The van der Waals surface area contributed by atoms with Crippen molar-refractivity contribution in [1.29, 1.82) is 0 Å². The fourth-order valence-electron chi connectivity index (χ4n) is 2.02. The smallest absolute Gasteiger partial charge is 0.408 e. The van der Waals surface area contributed by atoms with E-state index in [0.717, 1.165) is 4.90 Å². The zero-order chi connectivity index (χ0) is 10.3. The van der Waals surface area contributed by atoms with E-state index in [1.807, 2.05) is 0 Å². The SMILES string of the molecule is CO[C@H]1CN(C(=O)O)[C@@H]2C(=O)CO[C@H]12. The van der Waals surface area contributed by atoms with Crippen LogP contribution in [0.2, 0.25) is 0 Å². The maximum absolute atomic E-state index is 11.3. The maximum Gasteiger partial charge on any atom is 0.408 e. The molecule has 0 aromatic heterocycles. The molecular weight excluding hydrogens is 190 g/mol. The molecule has 6 heteroatoms. The number of fused-ring (bicyclic) bond motifs is 1. The van der Waals surface area contributed by atoms with Gasteiger partial charge in [0.15, 0.2) is 5.78 Å². The van der Waals surface area contributed by atoms with Crippen LogP contribution >= 0.6 is 0 Å². The summed E-state index contributed by atoms with van der Waals surface area (Å²) in [5.74, 6) is -0.183. The molecule has 1 amide bonds. The highest BCUT2D eigenvalue weighted by Gasteiger charge is 2.52. The minimum absolute atomic E-state index is 0.0149. The van der Waals surface area contributed by atoms with Gasteiger partial charge in [0.05, 0.1) is 6.54 Å². The van der Waals surface area contributed by atoms with E-state index in [-0.39, 0.29) is 25.0 Å². The van der Waals surface area contributed by atoms with Crippen LogP contribution in [-0.2, 0) is 14.3 Å². The molecule has 14 heavy (non-hydrogen) atoms. The van der Waals surface area contributed by atoms with Gasteiger partial charge in [-0.1, -0.05) is 0 Å². The summed E-state index contributed by atoms with van der Waals surface area (Å²) in [5.41, 5.74) is 0. The first kappa shape index (κ1) is 9.42. The summed E-state index contributed by atoms with van der Waals surface area (Å²) in [6, 6.07) is -0.669. The van der Waals surface area contributed by atoms with Crippen molar-refractivity contribution in [3.8, 4) is 0 Å². The molecule has 2 rings (SSSR count). The molecule has 0 aromatic carbocycles. The van der Waals surface area contributed by atoms with Crippen LogP contribution in [0.4, 0.5) is 4.79 Å². The van der Waals surface area contributed by atoms with E-state index in [2.05, 4.69) is 0 Å². The zero-order valence-corrected chi connectivity index (χ0v) is 7.67. The van der Waals surface area contributed by atoms with Crippen molar-refractivity contribution in [2.75, 3.05) is 20.3 Å². The summed E-state index contributed by atoms with van der Waals surface area (Å²) >= 11 is 0. The van der Waals surface area contributed by atoms with Crippen molar-refractivity contribution in [2.45, 2.75) is 18.2 Å². The van der Waals surface area contributed by atoms with Gasteiger partial charge in [-0.2, -0.15) is 0 Å². The third kappa shape index (κ3) is 1.18. The predicted octanol–water partition coefficient (Wildman–Crippen LogP) is -0.669. The summed E-state index contributed by atoms with van der Waals surface area (Å²) in [4.78, 5) is 23.3. The van der Waals surface area contributed by atoms with Crippen LogP contribution in [-0.4, -0.2) is 60.4 Å². The second-order valence-corrected chi connectivity index (χ2v) is 3.40. The van der Waals surface area contributed by atoms with Crippen LogP contribution in [0.3, 0.4) is 0 Å². The number of nitrogens with zero attached hydrogens (tertiary/aromatic N) is 1. The van der Waals surface area contributed by atoms with E-state index in [4.69, 9.17) is 14.6 Å². The van der Waals surface area contributed by atoms with E-state index in [1.165, 1.54) is 7.11 Å². The highest BCUT2D eigenvalue weighted by Crippen LogP contribution is 2.28. The Morgan fingerprint density at radius 3 is 3.00 bits per heavy atom. The van der Waals surface area contributed by atoms with Gasteiger partial charge in [0, 0.05) is 7.11 Å². The van der Waals surface area contributed by atoms with Gasteiger partial charge in [0.2, 0.25) is 0 Å². The van der Waals surface area contributed by atoms with Crippen molar-refractivity contribution < 1.29 is 24.2 Å². The molecule has 2 fully saturated rings. The zero-order valence-electron chi connectivity index (χ0n) is 7.67. The number of hydrogen-bond donors (Lipinski definition) is 1. The van der Waals surface area contributed by atoms with E-state index in [0.29, 0.717) is 0 Å². The monoisotopic (exact) mass is 201 g/mol. The number of carbonyl (C=O) groups is 2. The fraction of sp³-hybridized carbons (Fsp3) is 0.750. The van der Waals surface area contributed by atoms with E-state index in [1.54, 1.807) is 0 Å². The number of Topliss-reactive ketones (excluding diaryl/α,β-unsaturated/α-hetero) is 1. The lowest BCUT2D eigenvalue weighted by molar-refractivity contribution is -0.121. The Morgan fingerprint density at radius 1 is 1.71 bits per heavy atom. The largest absolute Gasteiger partial charge is 0.465 e. The molecule has 1 N–H and O–H groups in total. The Morgan fingerprint density at radius 2 is 2.43 bits per heavy atom. The number of rotatable bonds is 1. The third-order valence-electron chi connectivity index (χ3n) is 2.69. The Kier molecular flexibility index (Phi) is 2.16. The number of carbonyl (C=O) groups excluding carboxylic acids is 1. The molecule has 2 heterocycles. The molecule has 3 atom stereocenters. The first-order valence-electron chi connectivity index (χ1n) is 4.32. The van der Waals surface area contributed by atoms with Crippen molar-refractivity contribution in [3.63, 3.8) is 0 Å². The number of ketones is 1. The molecule has 2 aliphatic rings. The van der Waals surface area contributed by atoms with Crippen LogP contribution in [0.1, 0.15) is 0 Å². The van der Waals surface area contributed by atoms with Gasteiger partial charge in [-0.15, -0.1) is 0 Å². The molecular formula is C8H11NO5. The van der Waals surface area contributed by atoms with Crippen molar-refractivity contribution in [2.24, 2.45) is 0 Å².